The zero-order valence-corrected chi connectivity index (χ0v) is 12.5. The Hall–Kier alpha value is -1.40. The Morgan fingerprint density at radius 1 is 1.47 bits per heavy atom. The van der Waals surface area contributed by atoms with Crippen LogP contribution in [0, 0.1) is 0 Å². The van der Waals surface area contributed by atoms with Crippen LogP contribution in [0.1, 0.15) is 19.2 Å². The van der Waals surface area contributed by atoms with E-state index in [0.717, 1.165) is 16.5 Å². The number of nitrogens with two attached hydrogens (primary N) is 1. The number of aromatic nitrogens is 2. The lowest BCUT2D eigenvalue weighted by atomic mass is 10.1. The predicted molar refractivity (Wildman–Crippen MR) is 76.0 cm³/mol. The van der Waals surface area contributed by atoms with Crippen LogP contribution in [-0.2, 0) is 6.42 Å². The Bertz CT molecular complexity index is 557. The number of nitrogens with zero attached hydrogens (tertiary/aromatic N) is 2. The standard InChI is InChI=1S/C13H16BrN3O2/c1-3-9(15)7-12-16-13(19-17-12)10-5-4-8(14)6-11(10)18-2/h4-6,9H,3,7,15H2,1-2H3. The highest BCUT2D eigenvalue weighted by Crippen LogP contribution is 2.31. The van der Waals surface area contributed by atoms with Crippen LogP contribution in [-0.4, -0.2) is 23.3 Å². The Labute approximate surface area is 120 Å². The summed E-state index contributed by atoms with van der Waals surface area (Å²) in [5.74, 6) is 1.75. The molecule has 0 amide bonds. The van der Waals surface area contributed by atoms with Crippen LogP contribution in [0.3, 0.4) is 0 Å². The van der Waals surface area contributed by atoms with Crippen molar-refractivity contribution in [2.45, 2.75) is 25.8 Å². The Morgan fingerprint density at radius 2 is 2.26 bits per heavy atom. The summed E-state index contributed by atoms with van der Waals surface area (Å²) in [5, 5.41) is 3.94. The smallest absolute Gasteiger partial charge is 0.261 e. The van der Waals surface area contributed by atoms with E-state index in [1.165, 1.54) is 0 Å². The van der Waals surface area contributed by atoms with Crippen molar-refractivity contribution in [3.8, 4) is 17.2 Å². The molecule has 1 aromatic carbocycles. The van der Waals surface area contributed by atoms with E-state index in [2.05, 4.69) is 26.1 Å². The van der Waals surface area contributed by atoms with Gasteiger partial charge in [-0.25, -0.2) is 0 Å². The first kappa shape index (κ1) is 14.0. The maximum Gasteiger partial charge on any atom is 0.261 e. The van der Waals surface area contributed by atoms with E-state index in [1.54, 1.807) is 7.11 Å². The molecule has 0 saturated carbocycles. The molecule has 0 aliphatic rings. The Kier molecular flexibility index (Phi) is 4.55. The maximum absolute atomic E-state index is 5.88. The van der Waals surface area contributed by atoms with Gasteiger partial charge in [-0.3, -0.25) is 0 Å². The van der Waals surface area contributed by atoms with E-state index in [4.69, 9.17) is 15.0 Å². The van der Waals surface area contributed by atoms with Crippen LogP contribution in [0.25, 0.3) is 11.5 Å². The zero-order chi connectivity index (χ0) is 13.8. The van der Waals surface area contributed by atoms with Crippen molar-refractivity contribution in [2.24, 2.45) is 5.73 Å². The molecule has 102 valence electrons. The van der Waals surface area contributed by atoms with Crippen molar-refractivity contribution in [1.82, 2.24) is 10.1 Å². The molecular weight excluding hydrogens is 310 g/mol. The van der Waals surface area contributed by atoms with Crippen LogP contribution in [0.2, 0.25) is 0 Å². The summed E-state index contributed by atoms with van der Waals surface area (Å²) in [6.07, 6.45) is 1.49. The SMILES string of the molecule is CCC(N)Cc1noc(-c2ccc(Br)cc2OC)n1. The average Bonchev–Trinajstić information content (AvgIpc) is 2.86. The minimum absolute atomic E-state index is 0.0530. The number of halogens is 1. The summed E-state index contributed by atoms with van der Waals surface area (Å²) in [5.41, 5.74) is 6.65. The molecule has 0 spiro atoms. The number of methoxy groups -OCH3 is 1. The molecule has 0 bridgehead atoms. The first-order valence-electron chi connectivity index (χ1n) is 6.06. The molecule has 0 saturated heterocycles. The van der Waals surface area contributed by atoms with Gasteiger partial charge in [0.25, 0.3) is 5.89 Å². The molecule has 0 aliphatic heterocycles. The third kappa shape index (κ3) is 3.33. The molecule has 1 aromatic heterocycles. The van der Waals surface area contributed by atoms with Crippen molar-refractivity contribution >= 4 is 15.9 Å². The monoisotopic (exact) mass is 325 g/mol. The number of hydrogen-bond acceptors (Lipinski definition) is 5. The summed E-state index contributed by atoms with van der Waals surface area (Å²) in [6.45, 7) is 2.03. The summed E-state index contributed by atoms with van der Waals surface area (Å²) in [7, 11) is 1.61. The molecule has 1 unspecified atom stereocenters. The summed E-state index contributed by atoms with van der Waals surface area (Å²) in [4.78, 5) is 4.35. The van der Waals surface area contributed by atoms with Crippen LogP contribution >= 0.6 is 15.9 Å². The largest absolute Gasteiger partial charge is 0.496 e. The second-order valence-corrected chi connectivity index (χ2v) is 5.15. The predicted octanol–water partition coefficient (Wildman–Crippen LogP) is 2.79. The van der Waals surface area contributed by atoms with E-state index < -0.39 is 0 Å². The van der Waals surface area contributed by atoms with Gasteiger partial charge in [-0.1, -0.05) is 28.0 Å². The Morgan fingerprint density at radius 3 is 2.95 bits per heavy atom. The van der Waals surface area contributed by atoms with Crippen LogP contribution in [0.5, 0.6) is 5.75 Å². The molecule has 0 aliphatic carbocycles. The van der Waals surface area contributed by atoms with Crippen molar-refractivity contribution in [2.75, 3.05) is 7.11 Å². The molecule has 1 atom stereocenters. The normalized spacial score (nSPS) is 12.4. The fourth-order valence-electron chi connectivity index (χ4n) is 1.67. The first-order valence-corrected chi connectivity index (χ1v) is 6.85. The van der Waals surface area contributed by atoms with Gasteiger partial charge in [-0.2, -0.15) is 4.98 Å². The van der Waals surface area contributed by atoms with E-state index in [9.17, 15) is 0 Å². The molecule has 2 aromatic rings. The second-order valence-electron chi connectivity index (χ2n) is 4.23. The van der Waals surface area contributed by atoms with E-state index >= 15 is 0 Å². The third-order valence-electron chi connectivity index (χ3n) is 2.83. The molecule has 2 N–H and O–H groups in total. The number of benzene rings is 1. The summed E-state index contributed by atoms with van der Waals surface area (Å²) < 4.78 is 11.5. The third-order valence-corrected chi connectivity index (χ3v) is 3.32. The van der Waals surface area contributed by atoms with Gasteiger partial charge in [-0.05, 0) is 24.6 Å². The first-order chi connectivity index (χ1) is 9.13. The fourth-order valence-corrected chi connectivity index (χ4v) is 2.01. The quantitative estimate of drug-likeness (QED) is 0.914. The zero-order valence-electron chi connectivity index (χ0n) is 10.9. The second kappa shape index (κ2) is 6.16. The minimum Gasteiger partial charge on any atom is -0.496 e. The average molecular weight is 326 g/mol. The van der Waals surface area contributed by atoms with Gasteiger partial charge >= 0.3 is 0 Å². The molecule has 2 rings (SSSR count). The van der Waals surface area contributed by atoms with E-state index in [0.29, 0.717) is 23.9 Å². The van der Waals surface area contributed by atoms with E-state index in [1.807, 2.05) is 25.1 Å². The molecule has 5 nitrogen and oxygen atoms in total. The van der Waals surface area contributed by atoms with Crippen molar-refractivity contribution in [1.29, 1.82) is 0 Å². The lowest BCUT2D eigenvalue weighted by Crippen LogP contribution is -2.21. The molecular formula is C13H16BrN3O2. The summed E-state index contributed by atoms with van der Waals surface area (Å²) in [6, 6.07) is 5.69. The van der Waals surface area contributed by atoms with Gasteiger partial charge in [0.05, 0.1) is 12.7 Å². The molecule has 19 heavy (non-hydrogen) atoms. The fraction of sp³-hybridized carbons (Fsp3) is 0.385. The van der Waals surface area contributed by atoms with Crippen LogP contribution in [0.15, 0.2) is 27.2 Å². The highest BCUT2D eigenvalue weighted by Gasteiger charge is 2.15. The van der Waals surface area contributed by atoms with Gasteiger partial charge in [-0.15, -0.1) is 0 Å². The van der Waals surface area contributed by atoms with Crippen molar-refractivity contribution < 1.29 is 9.26 Å². The highest BCUT2D eigenvalue weighted by molar-refractivity contribution is 9.10. The molecule has 0 fully saturated rings. The maximum atomic E-state index is 5.88. The van der Waals surface area contributed by atoms with Gasteiger partial charge in [0.15, 0.2) is 5.82 Å². The van der Waals surface area contributed by atoms with E-state index in [-0.39, 0.29) is 6.04 Å². The lowest BCUT2D eigenvalue weighted by Gasteiger charge is -2.05. The highest BCUT2D eigenvalue weighted by atomic mass is 79.9. The number of rotatable bonds is 5. The molecule has 0 radical (unpaired) electrons. The van der Waals surface area contributed by atoms with Crippen LogP contribution in [0.4, 0.5) is 0 Å². The van der Waals surface area contributed by atoms with Gasteiger partial charge in [0.1, 0.15) is 5.75 Å². The van der Waals surface area contributed by atoms with Gasteiger partial charge in [0, 0.05) is 16.9 Å². The summed E-state index contributed by atoms with van der Waals surface area (Å²) >= 11 is 3.39. The molecule has 6 heteroatoms. The van der Waals surface area contributed by atoms with Crippen molar-refractivity contribution in [3.63, 3.8) is 0 Å². The minimum atomic E-state index is 0.0530. The van der Waals surface area contributed by atoms with Crippen molar-refractivity contribution in [3.05, 3.63) is 28.5 Å². The van der Waals surface area contributed by atoms with Gasteiger partial charge < -0.3 is 15.0 Å². The number of hydrogen-bond donors (Lipinski definition) is 1. The lowest BCUT2D eigenvalue weighted by molar-refractivity contribution is 0.401. The Balaban J connectivity index is 2.27. The van der Waals surface area contributed by atoms with Crippen LogP contribution < -0.4 is 10.5 Å². The number of ether oxygens (including phenoxy) is 1. The molecule has 1 heterocycles. The topological polar surface area (TPSA) is 74.2 Å². The van der Waals surface area contributed by atoms with Gasteiger partial charge in [0.2, 0.25) is 0 Å².